The van der Waals surface area contributed by atoms with Gasteiger partial charge in [0.2, 0.25) is 11.8 Å². The summed E-state index contributed by atoms with van der Waals surface area (Å²) in [5.41, 5.74) is 6.83. The number of nitrogens with two attached hydrogens (primary N) is 1. The third-order valence-electron chi connectivity index (χ3n) is 3.69. The molecule has 1 aliphatic rings. The highest BCUT2D eigenvalue weighted by atomic mass is 35.5. The van der Waals surface area contributed by atoms with Gasteiger partial charge in [0, 0.05) is 23.7 Å². The predicted octanol–water partition coefficient (Wildman–Crippen LogP) is 3.25. The molecule has 1 heterocycles. The van der Waals surface area contributed by atoms with Gasteiger partial charge >= 0.3 is 0 Å². The molecule has 2 aromatic carbocycles. The number of carbonyl (C=O) groups excluding carboxylic acids is 2. The zero-order valence-electron chi connectivity index (χ0n) is 13.8. The number of rotatable bonds is 4. The second-order valence-corrected chi connectivity index (χ2v) is 6.05. The molecular weight excluding hydrogens is 356 g/mol. The number of fused-ring (bicyclic) bond motifs is 1. The van der Waals surface area contributed by atoms with Gasteiger partial charge in [-0.05, 0) is 48.0 Å². The average Bonchev–Trinajstić information content (AvgIpc) is 2.86. The molecule has 0 bridgehead atoms. The average molecular weight is 373 g/mol. The first-order valence-electron chi connectivity index (χ1n) is 8.01. The summed E-state index contributed by atoms with van der Waals surface area (Å²) in [7, 11) is 0. The van der Waals surface area contributed by atoms with Crippen LogP contribution in [0.3, 0.4) is 0 Å². The Morgan fingerprint density at radius 2 is 1.85 bits per heavy atom. The number of anilines is 1. The van der Waals surface area contributed by atoms with E-state index < -0.39 is 5.91 Å². The first kappa shape index (κ1) is 17.8. The highest BCUT2D eigenvalue weighted by Gasteiger charge is 2.15. The fourth-order valence-corrected chi connectivity index (χ4v) is 2.69. The van der Waals surface area contributed by atoms with Crippen molar-refractivity contribution >= 4 is 35.2 Å². The van der Waals surface area contributed by atoms with Gasteiger partial charge in [0.15, 0.2) is 11.5 Å². The summed E-state index contributed by atoms with van der Waals surface area (Å²) in [4.78, 5) is 23.1. The molecule has 1 aliphatic heterocycles. The summed E-state index contributed by atoms with van der Waals surface area (Å²) in [6, 6.07) is 9.79. The van der Waals surface area contributed by atoms with Crippen molar-refractivity contribution in [1.29, 1.82) is 0 Å². The van der Waals surface area contributed by atoms with Crippen LogP contribution < -0.4 is 20.5 Å². The van der Waals surface area contributed by atoms with Crippen LogP contribution in [-0.2, 0) is 4.79 Å². The van der Waals surface area contributed by atoms with E-state index in [1.54, 1.807) is 42.5 Å². The number of halogens is 1. The van der Waals surface area contributed by atoms with Crippen molar-refractivity contribution in [1.82, 2.24) is 0 Å². The maximum atomic E-state index is 12.1. The molecule has 6 nitrogen and oxygen atoms in total. The Bertz CT molecular complexity index is 863. The summed E-state index contributed by atoms with van der Waals surface area (Å²) in [5.74, 6) is 0.256. The topological polar surface area (TPSA) is 90.7 Å². The molecule has 7 heteroatoms. The fourth-order valence-electron chi connectivity index (χ4n) is 2.42. The van der Waals surface area contributed by atoms with Crippen LogP contribution in [-0.4, -0.2) is 25.0 Å². The Labute approximate surface area is 155 Å². The lowest BCUT2D eigenvalue weighted by atomic mass is 10.1. The molecule has 2 amide bonds. The number of benzene rings is 2. The third kappa shape index (κ3) is 4.34. The highest BCUT2D eigenvalue weighted by molar-refractivity contribution is 6.32. The Morgan fingerprint density at radius 3 is 2.58 bits per heavy atom. The first-order chi connectivity index (χ1) is 12.5. The van der Waals surface area contributed by atoms with Gasteiger partial charge in [-0.15, -0.1) is 0 Å². The lowest BCUT2D eigenvalue weighted by Crippen LogP contribution is -2.11. The SMILES string of the molecule is NC(=O)c1ccc(NC(=O)C=Cc2cc(Cl)c3c(c2)OCCCO3)cc1. The van der Waals surface area contributed by atoms with Gasteiger partial charge in [0.25, 0.3) is 0 Å². The number of ether oxygens (including phenoxy) is 2. The van der Waals surface area contributed by atoms with Crippen LogP contribution in [0.4, 0.5) is 5.69 Å². The van der Waals surface area contributed by atoms with Crippen molar-refractivity contribution < 1.29 is 19.1 Å². The monoisotopic (exact) mass is 372 g/mol. The molecule has 0 aromatic heterocycles. The molecule has 0 spiro atoms. The maximum Gasteiger partial charge on any atom is 0.248 e. The zero-order chi connectivity index (χ0) is 18.5. The van der Waals surface area contributed by atoms with Crippen LogP contribution in [0.25, 0.3) is 6.08 Å². The van der Waals surface area contributed by atoms with E-state index in [0.29, 0.717) is 41.0 Å². The summed E-state index contributed by atoms with van der Waals surface area (Å²) in [6.07, 6.45) is 3.80. The molecule has 134 valence electrons. The second kappa shape index (κ2) is 7.93. The number of nitrogens with one attached hydrogen (secondary N) is 1. The molecule has 0 saturated carbocycles. The molecule has 2 aromatic rings. The molecule has 3 N–H and O–H groups in total. The number of primary amides is 1. The largest absolute Gasteiger partial charge is 0.489 e. The van der Waals surface area contributed by atoms with Crippen LogP contribution in [0.15, 0.2) is 42.5 Å². The predicted molar refractivity (Wildman–Crippen MR) is 99.7 cm³/mol. The number of hydrogen-bond donors (Lipinski definition) is 2. The summed E-state index contributed by atoms with van der Waals surface area (Å²) in [6.45, 7) is 1.11. The Hall–Kier alpha value is -2.99. The van der Waals surface area contributed by atoms with E-state index in [-0.39, 0.29) is 5.91 Å². The molecular formula is C19H17ClN2O4. The standard InChI is InChI=1S/C19H17ClN2O4/c20-15-10-12(11-16-18(15)26-9-1-8-25-16)2-7-17(23)22-14-5-3-13(4-6-14)19(21)24/h2-7,10-11H,1,8-9H2,(H2,21,24)(H,22,23). The fraction of sp³-hybridized carbons (Fsp3) is 0.158. The quantitative estimate of drug-likeness (QED) is 0.806. The van der Waals surface area contributed by atoms with Crippen molar-refractivity contribution in [3.63, 3.8) is 0 Å². The summed E-state index contributed by atoms with van der Waals surface area (Å²) < 4.78 is 11.2. The molecule has 26 heavy (non-hydrogen) atoms. The molecule has 0 atom stereocenters. The Morgan fingerprint density at radius 1 is 1.12 bits per heavy atom. The maximum absolute atomic E-state index is 12.1. The Balaban J connectivity index is 1.69. The number of carbonyl (C=O) groups is 2. The molecule has 3 rings (SSSR count). The van der Waals surface area contributed by atoms with Crippen LogP contribution >= 0.6 is 11.6 Å². The number of hydrogen-bond acceptors (Lipinski definition) is 4. The smallest absolute Gasteiger partial charge is 0.248 e. The van der Waals surface area contributed by atoms with Crippen molar-refractivity contribution in [2.24, 2.45) is 5.73 Å². The molecule has 0 aliphatic carbocycles. The molecule has 0 radical (unpaired) electrons. The van der Waals surface area contributed by atoms with Gasteiger partial charge in [0.1, 0.15) is 0 Å². The summed E-state index contributed by atoms with van der Waals surface area (Å²) in [5, 5.41) is 3.14. The Kier molecular flexibility index (Phi) is 5.43. The molecule has 0 fully saturated rings. The van der Waals surface area contributed by atoms with Gasteiger partial charge in [0.05, 0.1) is 18.2 Å². The van der Waals surface area contributed by atoms with Gasteiger partial charge in [-0.1, -0.05) is 11.6 Å². The van der Waals surface area contributed by atoms with Crippen molar-refractivity contribution in [3.8, 4) is 11.5 Å². The van der Waals surface area contributed by atoms with E-state index in [9.17, 15) is 9.59 Å². The van der Waals surface area contributed by atoms with Crippen molar-refractivity contribution in [2.45, 2.75) is 6.42 Å². The lowest BCUT2D eigenvalue weighted by Gasteiger charge is -2.10. The van der Waals surface area contributed by atoms with E-state index in [1.807, 2.05) is 0 Å². The van der Waals surface area contributed by atoms with E-state index in [4.69, 9.17) is 26.8 Å². The van der Waals surface area contributed by atoms with Crippen LogP contribution in [0.2, 0.25) is 5.02 Å². The van der Waals surface area contributed by atoms with Gasteiger partial charge in [-0.25, -0.2) is 0 Å². The summed E-state index contributed by atoms with van der Waals surface area (Å²) >= 11 is 6.23. The van der Waals surface area contributed by atoms with E-state index >= 15 is 0 Å². The lowest BCUT2D eigenvalue weighted by molar-refractivity contribution is -0.111. The number of amides is 2. The first-order valence-corrected chi connectivity index (χ1v) is 8.39. The minimum atomic E-state index is -0.519. The van der Waals surface area contributed by atoms with Crippen LogP contribution in [0.5, 0.6) is 11.5 Å². The molecule has 0 saturated heterocycles. The van der Waals surface area contributed by atoms with Gasteiger partial charge in [-0.3, -0.25) is 9.59 Å². The normalized spacial score (nSPS) is 13.3. The van der Waals surface area contributed by atoms with Gasteiger partial charge in [-0.2, -0.15) is 0 Å². The van der Waals surface area contributed by atoms with Gasteiger partial charge < -0.3 is 20.5 Å². The minimum absolute atomic E-state index is 0.319. The van der Waals surface area contributed by atoms with Crippen LogP contribution in [0.1, 0.15) is 22.3 Å². The second-order valence-electron chi connectivity index (χ2n) is 5.64. The zero-order valence-corrected chi connectivity index (χ0v) is 14.6. The third-order valence-corrected chi connectivity index (χ3v) is 3.97. The molecule has 0 unspecified atom stereocenters. The van der Waals surface area contributed by atoms with Crippen LogP contribution in [0, 0.1) is 0 Å². The van der Waals surface area contributed by atoms with E-state index in [0.717, 1.165) is 12.0 Å². The van der Waals surface area contributed by atoms with Crippen molar-refractivity contribution in [2.75, 3.05) is 18.5 Å². The van der Waals surface area contributed by atoms with E-state index in [1.165, 1.54) is 6.08 Å². The minimum Gasteiger partial charge on any atom is -0.489 e. The highest BCUT2D eigenvalue weighted by Crippen LogP contribution is 2.38. The van der Waals surface area contributed by atoms with E-state index in [2.05, 4.69) is 5.32 Å². The van der Waals surface area contributed by atoms with Crippen molar-refractivity contribution in [3.05, 3.63) is 58.6 Å².